The fraction of sp³-hybridized carbons (Fsp3) is 0.190. The summed E-state index contributed by atoms with van der Waals surface area (Å²) in [6.45, 7) is 13.4. The van der Waals surface area contributed by atoms with Crippen LogP contribution < -0.4 is 5.63 Å². The molecule has 24 heavy (non-hydrogen) atoms. The summed E-state index contributed by atoms with van der Waals surface area (Å²) < 4.78 is 11.5. The Morgan fingerprint density at radius 2 is 1.50 bits per heavy atom. The van der Waals surface area contributed by atoms with E-state index >= 15 is 0 Å². The molecule has 2 heterocycles. The van der Waals surface area contributed by atoms with E-state index in [0.717, 1.165) is 45.2 Å². The van der Waals surface area contributed by atoms with Gasteiger partial charge in [0.2, 0.25) is 0 Å². The molecule has 0 aliphatic heterocycles. The van der Waals surface area contributed by atoms with E-state index in [1.807, 2.05) is 19.1 Å². The van der Waals surface area contributed by atoms with Gasteiger partial charge in [0, 0.05) is 28.0 Å². The van der Waals surface area contributed by atoms with Crippen molar-refractivity contribution in [2.45, 2.75) is 26.2 Å². The van der Waals surface area contributed by atoms with Gasteiger partial charge in [0.15, 0.2) is 0 Å². The highest BCUT2D eigenvalue weighted by molar-refractivity contribution is 6.00. The van der Waals surface area contributed by atoms with E-state index in [1.165, 1.54) is 6.07 Å². The van der Waals surface area contributed by atoms with E-state index in [9.17, 15) is 4.79 Å². The minimum absolute atomic E-state index is 0.362. The lowest BCUT2D eigenvalue weighted by Crippen LogP contribution is -2.02. The van der Waals surface area contributed by atoms with Gasteiger partial charge in [0.1, 0.15) is 16.9 Å². The second-order valence-corrected chi connectivity index (χ2v) is 5.81. The molecule has 0 spiro atoms. The molecule has 122 valence electrons. The standard InChI is InChI=1S/C21H20O3/c1-5-8-14-11-19(22)24-20-16(10-7-3)21-18(12-17(14)20)15(9-6-2)13(4)23-21/h5-7,11-12H,1-3,8-10H2,4H3. The van der Waals surface area contributed by atoms with Crippen LogP contribution >= 0.6 is 0 Å². The van der Waals surface area contributed by atoms with Crippen LogP contribution in [0.4, 0.5) is 0 Å². The normalized spacial score (nSPS) is 11.0. The molecule has 3 aromatic rings. The summed E-state index contributed by atoms with van der Waals surface area (Å²) in [7, 11) is 0. The highest BCUT2D eigenvalue weighted by atomic mass is 16.4. The van der Waals surface area contributed by atoms with Crippen LogP contribution in [0.25, 0.3) is 21.9 Å². The molecule has 1 aromatic carbocycles. The second-order valence-electron chi connectivity index (χ2n) is 5.81. The Hall–Kier alpha value is -2.81. The molecule has 0 atom stereocenters. The zero-order valence-corrected chi connectivity index (χ0v) is 13.9. The summed E-state index contributed by atoms with van der Waals surface area (Å²) in [6, 6.07) is 3.59. The topological polar surface area (TPSA) is 43.4 Å². The van der Waals surface area contributed by atoms with Gasteiger partial charge in [-0.25, -0.2) is 4.79 Å². The molecule has 0 aliphatic carbocycles. The van der Waals surface area contributed by atoms with Crippen LogP contribution in [0.15, 0.2) is 63.7 Å². The van der Waals surface area contributed by atoms with E-state index in [0.29, 0.717) is 18.4 Å². The predicted molar refractivity (Wildman–Crippen MR) is 98.7 cm³/mol. The highest BCUT2D eigenvalue weighted by Crippen LogP contribution is 2.35. The SMILES string of the molecule is C=CCc1cc(=O)oc2c(CC=C)c3oc(C)c(CC=C)c3cc12. The van der Waals surface area contributed by atoms with Gasteiger partial charge in [-0.15, -0.1) is 19.7 Å². The lowest BCUT2D eigenvalue weighted by Gasteiger charge is -2.08. The number of hydrogen-bond donors (Lipinski definition) is 0. The maximum atomic E-state index is 12.0. The quantitative estimate of drug-likeness (QED) is 0.472. The van der Waals surface area contributed by atoms with Crippen molar-refractivity contribution in [2.24, 2.45) is 0 Å². The largest absolute Gasteiger partial charge is 0.461 e. The fourth-order valence-electron chi connectivity index (χ4n) is 3.21. The molecule has 3 nitrogen and oxygen atoms in total. The Balaban J connectivity index is 2.52. The number of furan rings is 1. The van der Waals surface area contributed by atoms with Crippen LogP contribution in [-0.2, 0) is 19.3 Å². The molecular weight excluding hydrogens is 300 g/mol. The van der Waals surface area contributed by atoms with Gasteiger partial charge in [0.25, 0.3) is 0 Å². The third kappa shape index (κ3) is 2.52. The number of aryl methyl sites for hydroxylation is 1. The van der Waals surface area contributed by atoms with E-state index in [-0.39, 0.29) is 5.63 Å². The molecule has 0 fully saturated rings. The van der Waals surface area contributed by atoms with Crippen molar-refractivity contribution >= 4 is 21.9 Å². The molecular formula is C21H20O3. The number of fused-ring (bicyclic) bond motifs is 2. The van der Waals surface area contributed by atoms with Gasteiger partial charge in [-0.1, -0.05) is 18.2 Å². The first kappa shape index (κ1) is 16.1. The molecule has 2 aromatic heterocycles. The van der Waals surface area contributed by atoms with E-state index in [1.54, 1.807) is 12.2 Å². The average Bonchev–Trinajstić information content (AvgIpc) is 2.85. The van der Waals surface area contributed by atoms with E-state index in [2.05, 4.69) is 19.7 Å². The van der Waals surface area contributed by atoms with Crippen LogP contribution in [0.5, 0.6) is 0 Å². The fourth-order valence-corrected chi connectivity index (χ4v) is 3.21. The molecule has 0 amide bonds. The Morgan fingerprint density at radius 3 is 2.17 bits per heavy atom. The van der Waals surface area contributed by atoms with Crippen molar-refractivity contribution in [3.8, 4) is 0 Å². The third-order valence-corrected chi connectivity index (χ3v) is 4.23. The molecule has 0 N–H and O–H groups in total. The van der Waals surface area contributed by atoms with Crippen molar-refractivity contribution < 1.29 is 8.83 Å². The zero-order valence-electron chi connectivity index (χ0n) is 13.9. The summed E-state index contributed by atoms with van der Waals surface area (Å²) in [5.74, 6) is 0.859. The van der Waals surface area contributed by atoms with Gasteiger partial charge < -0.3 is 8.83 Å². The summed E-state index contributed by atoms with van der Waals surface area (Å²) in [4.78, 5) is 12.0. The molecule has 0 unspecified atom stereocenters. The first-order valence-corrected chi connectivity index (χ1v) is 7.94. The van der Waals surface area contributed by atoms with Gasteiger partial charge >= 0.3 is 5.63 Å². The molecule has 0 bridgehead atoms. The monoisotopic (exact) mass is 320 g/mol. The van der Waals surface area contributed by atoms with Gasteiger partial charge in [0.05, 0.1) is 0 Å². The minimum atomic E-state index is -0.362. The maximum Gasteiger partial charge on any atom is 0.336 e. The molecule has 0 radical (unpaired) electrons. The first-order chi connectivity index (χ1) is 11.6. The highest BCUT2D eigenvalue weighted by Gasteiger charge is 2.19. The number of allylic oxidation sites excluding steroid dienone is 3. The van der Waals surface area contributed by atoms with E-state index in [4.69, 9.17) is 8.83 Å². The van der Waals surface area contributed by atoms with Crippen molar-refractivity contribution in [1.29, 1.82) is 0 Å². The van der Waals surface area contributed by atoms with Crippen LogP contribution in [0.1, 0.15) is 22.5 Å². The summed E-state index contributed by atoms with van der Waals surface area (Å²) in [5, 5.41) is 1.96. The summed E-state index contributed by atoms with van der Waals surface area (Å²) in [6.07, 6.45) is 7.34. The van der Waals surface area contributed by atoms with E-state index < -0.39 is 0 Å². The van der Waals surface area contributed by atoms with Crippen molar-refractivity contribution in [1.82, 2.24) is 0 Å². The minimum Gasteiger partial charge on any atom is -0.461 e. The lowest BCUT2D eigenvalue weighted by molar-refractivity contribution is 0.549. The van der Waals surface area contributed by atoms with Gasteiger partial charge in [-0.2, -0.15) is 0 Å². The van der Waals surface area contributed by atoms with Crippen molar-refractivity contribution in [2.75, 3.05) is 0 Å². The summed E-state index contributed by atoms with van der Waals surface area (Å²) in [5.41, 5.74) is 3.86. The lowest BCUT2D eigenvalue weighted by atomic mass is 9.97. The molecule has 0 saturated carbocycles. The predicted octanol–water partition coefficient (Wildman–Crippen LogP) is 5.03. The molecule has 0 saturated heterocycles. The van der Waals surface area contributed by atoms with Crippen molar-refractivity contribution in [3.05, 3.63) is 83.0 Å². The Kier molecular flexibility index (Phi) is 4.26. The Morgan fingerprint density at radius 1 is 0.875 bits per heavy atom. The summed E-state index contributed by atoms with van der Waals surface area (Å²) >= 11 is 0. The number of benzene rings is 1. The maximum absolute atomic E-state index is 12.0. The molecule has 0 aliphatic rings. The smallest absolute Gasteiger partial charge is 0.336 e. The zero-order chi connectivity index (χ0) is 17.3. The number of hydrogen-bond acceptors (Lipinski definition) is 3. The van der Waals surface area contributed by atoms with Crippen LogP contribution in [0.3, 0.4) is 0 Å². The molecule has 3 rings (SSSR count). The Bertz CT molecular complexity index is 1020. The van der Waals surface area contributed by atoms with Crippen LogP contribution in [0, 0.1) is 6.92 Å². The van der Waals surface area contributed by atoms with Crippen LogP contribution in [0.2, 0.25) is 0 Å². The van der Waals surface area contributed by atoms with Crippen LogP contribution in [-0.4, -0.2) is 0 Å². The average molecular weight is 320 g/mol. The third-order valence-electron chi connectivity index (χ3n) is 4.23. The Labute approximate surface area is 140 Å². The van der Waals surface area contributed by atoms with Crippen molar-refractivity contribution in [3.63, 3.8) is 0 Å². The second kappa shape index (κ2) is 6.36. The molecule has 3 heteroatoms. The number of rotatable bonds is 6. The first-order valence-electron chi connectivity index (χ1n) is 7.94. The van der Waals surface area contributed by atoms with Gasteiger partial charge in [-0.05, 0) is 37.8 Å². The van der Waals surface area contributed by atoms with Gasteiger partial charge in [-0.3, -0.25) is 0 Å².